The number of piperidine rings is 1. The standard InChI is InChI=1S/C18H29N3O3S/c1-5-6-9-21-14(3)13(2)19-18(21)25-12-16(22)20-10-7-15(8-11-20)17(23)24-4/h15H,5-12H2,1-4H3. The van der Waals surface area contributed by atoms with Crippen molar-refractivity contribution in [1.29, 1.82) is 0 Å². The highest BCUT2D eigenvalue weighted by Crippen LogP contribution is 2.24. The summed E-state index contributed by atoms with van der Waals surface area (Å²) >= 11 is 1.51. The first-order chi connectivity index (χ1) is 12.0. The molecule has 1 aromatic heterocycles. The van der Waals surface area contributed by atoms with Crippen molar-refractivity contribution >= 4 is 23.6 Å². The van der Waals surface area contributed by atoms with Gasteiger partial charge in [0.15, 0.2) is 5.16 Å². The Morgan fingerprint density at radius 2 is 1.96 bits per heavy atom. The molecule has 2 heterocycles. The smallest absolute Gasteiger partial charge is 0.308 e. The molecule has 0 aliphatic carbocycles. The van der Waals surface area contributed by atoms with Gasteiger partial charge in [0.25, 0.3) is 0 Å². The highest BCUT2D eigenvalue weighted by molar-refractivity contribution is 7.99. The second-order valence-corrected chi connectivity index (χ2v) is 7.48. The van der Waals surface area contributed by atoms with E-state index in [1.807, 2.05) is 11.8 Å². The van der Waals surface area contributed by atoms with Gasteiger partial charge in [-0.15, -0.1) is 0 Å². The summed E-state index contributed by atoms with van der Waals surface area (Å²) in [5.74, 6) is 0.282. The van der Waals surface area contributed by atoms with Gasteiger partial charge in [-0.3, -0.25) is 9.59 Å². The SMILES string of the molecule is CCCCn1c(SCC(=O)N2CCC(C(=O)OC)CC2)nc(C)c1C. The number of thioether (sulfide) groups is 1. The average molecular weight is 368 g/mol. The molecule has 0 aromatic carbocycles. The van der Waals surface area contributed by atoms with Gasteiger partial charge >= 0.3 is 5.97 Å². The summed E-state index contributed by atoms with van der Waals surface area (Å²) in [4.78, 5) is 30.5. The monoisotopic (exact) mass is 367 g/mol. The summed E-state index contributed by atoms with van der Waals surface area (Å²) in [6.45, 7) is 8.48. The number of nitrogens with zero attached hydrogens (tertiary/aromatic N) is 3. The molecule has 0 unspecified atom stereocenters. The van der Waals surface area contributed by atoms with Crippen LogP contribution in [0.5, 0.6) is 0 Å². The maximum absolute atomic E-state index is 12.5. The third-order valence-corrected chi connectivity index (χ3v) is 5.83. The van der Waals surface area contributed by atoms with Gasteiger partial charge in [0.1, 0.15) is 0 Å². The molecule has 1 amide bonds. The topological polar surface area (TPSA) is 64.4 Å². The maximum atomic E-state index is 12.5. The van der Waals surface area contributed by atoms with Crippen LogP contribution in [-0.2, 0) is 20.9 Å². The minimum Gasteiger partial charge on any atom is -0.469 e. The molecule has 7 heteroatoms. The minimum atomic E-state index is -0.162. The van der Waals surface area contributed by atoms with E-state index in [2.05, 4.69) is 23.4 Å². The Morgan fingerprint density at radius 1 is 1.28 bits per heavy atom. The van der Waals surface area contributed by atoms with Crippen LogP contribution in [0.4, 0.5) is 0 Å². The van der Waals surface area contributed by atoms with Gasteiger partial charge in [-0.05, 0) is 33.1 Å². The van der Waals surface area contributed by atoms with Crippen molar-refractivity contribution in [2.45, 2.75) is 58.2 Å². The molecule has 0 N–H and O–H groups in total. The molecule has 25 heavy (non-hydrogen) atoms. The minimum absolute atomic E-state index is 0.0695. The first-order valence-electron chi connectivity index (χ1n) is 9.00. The van der Waals surface area contributed by atoms with Gasteiger partial charge < -0.3 is 14.2 Å². The third-order valence-electron chi connectivity index (χ3n) is 4.86. The molecule has 2 rings (SSSR count). The second kappa shape index (κ2) is 9.27. The summed E-state index contributed by atoms with van der Waals surface area (Å²) in [5.41, 5.74) is 2.22. The highest BCUT2D eigenvalue weighted by atomic mass is 32.2. The fraction of sp³-hybridized carbons (Fsp3) is 0.722. The van der Waals surface area contributed by atoms with Gasteiger partial charge in [-0.2, -0.15) is 0 Å². The normalized spacial score (nSPS) is 15.4. The van der Waals surface area contributed by atoms with Crippen LogP contribution in [0.25, 0.3) is 0 Å². The Morgan fingerprint density at radius 3 is 2.56 bits per heavy atom. The maximum Gasteiger partial charge on any atom is 0.308 e. The fourth-order valence-electron chi connectivity index (χ4n) is 3.06. The number of ether oxygens (including phenoxy) is 1. The molecule has 140 valence electrons. The van der Waals surface area contributed by atoms with E-state index in [4.69, 9.17) is 4.74 Å². The zero-order chi connectivity index (χ0) is 18.4. The van der Waals surface area contributed by atoms with E-state index < -0.39 is 0 Å². The van der Waals surface area contributed by atoms with Crippen molar-refractivity contribution in [3.63, 3.8) is 0 Å². The molecule has 6 nitrogen and oxygen atoms in total. The Balaban J connectivity index is 1.88. The van der Waals surface area contributed by atoms with Crippen molar-refractivity contribution in [2.75, 3.05) is 26.0 Å². The van der Waals surface area contributed by atoms with E-state index in [0.717, 1.165) is 30.2 Å². The molecular weight excluding hydrogens is 338 g/mol. The molecular formula is C18H29N3O3S. The van der Waals surface area contributed by atoms with Crippen LogP contribution in [0.2, 0.25) is 0 Å². The number of unbranched alkanes of at least 4 members (excludes halogenated alkanes) is 1. The predicted octanol–water partition coefficient (Wildman–Crippen LogP) is 2.80. The van der Waals surface area contributed by atoms with Crippen molar-refractivity contribution in [3.8, 4) is 0 Å². The lowest BCUT2D eigenvalue weighted by atomic mass is 9.97. The molecule has 0 saturated carbocycles. The number of carbonyl (C=O) groups excluding carboxylic acids is 2. The number of methoxy groups -OCH3 is 1. The molecule has 1 aliphatic heterocycles. The lowest BCUT2D eigenvalue weighted by Crippen LogP contribution is -2.41. The number of imidazole rings is 1. The molecule has 1 aromatic rings. The molecule has 0 spiro atoms. The second-order valence-electron chi connectivity index (χ2n) is 6.54. The zero-order valence-corrected chi connectivity index (χ0v) is 16.5. The number of amides is 1. The summed E-state index contributed by atoms with van der Waals surface area (Å²) in [6.07, 6.45) is 3.62. The van der Waals surface area contributed by atoms with E-state index in [-0.39, 0.29) is 17.8 Å². The van der Waals surface area contributed by atoms with Crippen molar-refractivity contribution < 1.29 is 14.3 Å². The number of aromatic nitrogens is 2. The third kappa shape index (κ3) is 5.00. The van der Waals surface area contributed by atoms with Gasteiger partial charge in [0.2, 0.25) is 5.91 Å². The van der Waals surface area contributed by atoms with Crippen molar-refractivity contribution in [3.05, 3.63) is 11.4 Å². The van der Waals surface area contributed by atoms with E-state index in [1.165, 1.54) is 24.6 Å². The molecule has 1 saturated heterocycles. The van der Waals surface area contributed by atoms with Crippen LogP contribution < -0.4 is 0 Å². The lowest BCUT2D eigenvalue weighted by molar-refractivity contribution is -0.148. The summed E-state index contributed by atoms with van der Waals surface area (Å²) in [6, 6.07) is 0. The first kappa shape index (κ1) is 19.8. The molecule has 1 fully saturated rings. The largest absolute Gasteiger partial charge is 0.469 e. The van der Waals surface area contributed by atoms with E-state index in [9.17, 15) is 9.59 Å². The Kier molecular flexibility index (Phi) is 7.35. The number of likely N-dealkylation sites (tertiary alicyclic amines) is 1. The Hall–Kier alpha value is -1.50. The molecule has 0 atom stereocenters. The Bertz CT molecular complexity index is 607. The Labute approximate surface area is 154 Å². The summed E-state index contributed by atoms with van der Waals surface area (Å²) in [7, 11) is 1.42. The number of hydrogen-bond donors (Lipinski definition) is 0. The van der Waals surface area contributed by atoms with Crippen LogP contribution in [0.1, 0.15) is 44.0 Å². The van der Waals surface area contributed by atoms with Crippen LogP contribution in [0.15, 0.2) is 5.16 Å². The number of carbonyl (C=O) groups is 2. The van der Waals surface area contributed by atoms with Gasteiger partial charge in [-0.25, -0.2) is 4.98 Å². The van der Waals surface area contributed by atoms with Crippen LogP contribution in [0.3, 0.4) is 0 Å². The van der Waals surface area contributed by atoms with E-state index >= 15 is 0 Å². The van der Waals surface area contributed by atoms with Crippen LogP contribution in [-0.4, -0.2) is 52.3 Å². The number of hydrogen-bond acceptors (Lipinski definition) is 5. The van der Waals surface area contributed by atoms with Crippen LogP contribution >= 0.6 is 11.8 Å². The van der Waals surface area contributed by atoms with Gasteiger partial charge in [0, 0.05) is 25.3 Å². The fourth-order valence-corrected chi connectivity index (χ4v) is 4.08. The number of rotatable bonds is 7. The van der Waals surface area contributed by atoms with Crippen LogP contribution in [0, 0.1) is 19.8 Å². The van der Waals surface area contributed by atoms with E-state index in [1.54, 1.807) is 0 Å². The number of aryl methyl sites for hydroxylation is 1. The van der Waals surface area contributed by atoms with Crippen molar-refractivity contribution in [2.24, 2.45) is 5.92 Å². The summed E-state index contributed by atoms with van der Waals surface area (Å²) < 4.78 is 7.01. The van der Waals surface area contributed by atoms with Gasteiger partial charge in [-0.1, -0.05) is 25.1 Å². The molecule has 0 radical (unpaired) electrons. The first-order valence-corrected chi connectivity index (χ1v) is 9.98. The van der Waals surface area contributed by atoms with Gasteiger partial charge in [0.05, 0.1) is 24.5 Å². The lowest BCUT2D eigenvalue weighted by Gasteiger charge is -2.30. The van der Waals surface area contributed by atoms with E-state index in [0.29, 0.717) is 31.7 Å². The number of esters is 1. The quantitative estimate of drug-likeness (QED) is 0.548. The van der Waals surface area contributed by atoms with Crippen molar-refractivity contribution in [1.82, 2.24) is 14.5 Å². The zero-order valence-electron chi connectivity index (χ0n) is 15.7. The highest BCUT2D eigenvalue weighted by Gasteiger charge is 2.28. The average Bonchev–Trinajstić information content (AvgIpc) is 2.91. The summed E-state index contributed by atoms with van der Waals surface area (Å²) in [5, 5.41) is 0.932. The molecule has 0 bridgehead atoms. The molecule has 1 aliphatic rings. The predicted molar refractivity (Wildman–Crippen MR) is 98.7 cm³/mol.